The number of benzene rings is 2. The van der Waals surface area contributed by atoms with Gasteiger partial charge in [-0.15, -0.1) is 0 Å². The summed E-state index contributed by atoms with van der Waals surface area (Å²) in [6.45, 7) is -7.32. The van der Waals surface area contributed by atoms with Crippen molar-refractivity contribution in [1.82, 2.24) is 0 Å². The summed E-state index contributed by atoms with van der Waals surface area (Å²) in [6, 6.07) is 2.17. The van der Waals surface area contributed by atoms with Crippen LogP contribution in [0.4, 0.5) is 0 Å². The summed E-state index contributed by atoms with van der Waals surface area (Å²) in [6.07, 6.45) is -0.323. The second kappa shape index (κ2) is 7.77. The van der Waals surface area contributed by atoms with Crippen molar-refractivity contribution in [2.24, 2.45) is 5.73 Å². The molecule has 128 valence electrons. The van der Waals surface area contributed by atoms with Gasteiger partial charge in [-0.2, -0.15) is 0 Å². The fourth-order valence-electron chi connectivity index (χ4n) is 1.93. The molecule has 6 heteroatoms. The third kappa shape index (κ3) is 4.56. The van der Waals surface area contributed by atoms with Gasteiger partial charge in [0.2, 0.25) is 0 Å². The number of halogens is 2. The van der Waals surface area contributed by atoms with E-state index in [1.165, 1.54) is 12.1 Å². The molecule has 0 spiro atoms. The Morgan fingerprint density at radius 2 is 2.12 bits per heavy atom. The summed E-state index contributed by atoms with van der Waals surface area (Å²) in [4.78, 5) is 10.9. The Balaban J connectivity index is 2.67. The molecule has 0 aliphatic carbocycles. The number of carbonyl (C=O) groups is 1. The molecule has 0 aliphatic rings. The molecule has 0 heterocycles. The lowest BCUT2D eigenvalue weighted by Gasteiger charge is -2.13. The van der Waals surface area contributed by atoms with E-state index in [-0.39, 0.29) is 33.3 Å². The predicted molar refractivity (Wildman–Crippen MR) is 96.2 cm³/mol. The molecule has 0 fully saturated rings. The molecular weight excluding hydrogens is 349 g/mol. The molecule has 2 aromatic rings. The van der Waals surface area contributed by atoms with Gasteiger partial charge in [-0.1, -0.05) is 49.0 Å². The molecule has 0 saturated heterocycles. The van der Waals surface area contributed by atoms with Gasteiger partial charge in [0.1, 0.15) is 11.5 Å². The Morgan fingerprint density at radius 1 is 1.46 bits per heavy atom. The van der Waals surface area contributed by atoms with Crippen LogP contribution in [0.1, 0.15) is 48.6 Å². The first kappa shape index (κ1) is 9.54. The van der Waals surface area contributed by atoms with E-state index < -0.39 is 55.5 Å². The van der Waals surface area contributed by atoms with Crippen molar-refractivity contribution >= 4 is 29.1 Å². The van der Waals surface area contributed by atoms with Crippen LogP contribution >= 0.6 is 23.2 Å². The number of rotatable bonds is 6. The van der Waals surface area contributed by atoms with Gasteiger partial charge in [0.05, 0.1) is 2.74 Å². The van der Waals surface area contributed by atoms with E-state index >= 15 is 0 Å². The number of aromatic hydroxyl groups is 1. The number of ether oxygens (including phenoxy) is 1. The maximum absolute atomic E-state index is 10.9. The van der Waals surface area contributed by atoms with Crippen molar-refractivity contribution in [3.8, 4) is 11.5 Å². The largest absolute Gasteiger partial charge is 0.508 e. The van der Waals surface area contributed by atoms with Crippen molar-refractivity contribution in [3.63, 3.8) is 0 Å². The number of primary amides is 1. The minimum absolute atomic E-state index is 0.0131. The van der Waals surface area contributed by atoms with Gasteiger partial charge in [-0.25, -0.2) is 0 Å². The number of phenols is 1. The Hall–Kier alpha value is -1.91. The summed E-state index contributed by atoms with van der Waals surface area (Å²) in [5.41, 5.74) is 4.04. The number of nitrogens with two attached hydrogens (primary N) is 1. The third-order valence-electron chi connectivity index (χ3n) is 3.01. The van der Waals surface area contributed by atoms with Gasteiger partial charge in [-0.05, 0) is 40.8 Å². The summed E-state index contributed by atoms with van der Waals surface area (Å²) in [7, 11) is 0. The highest BCUT2D eigenvalue weighted by atomic mass is 35.5. The molecule has 0 unspecified atom stereocenters. The molecule has 0 radical (unpaired) electrons. The molecule has 0 aliphatic heterocycles. The quantitative estimate of drug-likeness (QED) is 0.789. The number of carbonyl (C=O) groups excluding carboxylic acids is 1. The molecule has 3 N–H and O–H groups in total. The maximum atomic E-state index is 10.9. The van der Waals surface area contributed by atoms with Crippen LogP contribution in [0.2, 0.25) is 10.0 Å². The second-order valence-corrected chi connectivity index (χ2v) is 5.64. The molecule has 4 nitrogen and oxygen atoms in total. The lowest BCUT2D eigenvalue weighted by atomic mass is 9.96. The first-order valence-electron chi connectivity index (χ1n) is 11.1. The lowest BCUT2D eigenvalue weighted by Crippen LogP contribution is -2.20. The molecule has 2 aromatic carbocycles. The fourth-order valence-corrected chi connectivity index (χ4v) is 2.53. The van der Waals surface area contributed by atoms with E-state index in [0.29, 0.717) is 0 Å². The van der Waals surface area contributed by atoms with Crippen molar-refractivity contribution in [2.45, 2.75) is 26.0 Å². The molecule has 24 heavy (non-hydrogen) atoms. The number of hydrogen-bond acceptors (Lipinski definition) is 3. The zero-order chi connectivity index (χ0) is 25.5. The van der Waals surface area contributed by atoms with E-state index in [1.54, 1.807) is 0 Å². The number of amides is 1. The first-order valence-corrected chi connectivity index (χ1v) is 7.39. The Bertz CT molecular complexity index is 1050. The van der Waals surface area contributed by atoms with Gasteiger partial charge in [0.15, 0.2) is 6.61 Å². The Labute approximate surface area is 163 Å². The minimum atomic E-state index is -3.44. The van der Waals surface area contributed by atoms with Crippen LogP contribution < -0.4 is 10.5 Å². The van der Waals surface area contributed by atoms with Gasteiger partial charge in [-0.3, -0.25) is 4.79 Å². The molecular formula is C18H19Cl2NO3. The summed E-state index contributed by atoms with van der Waals surface area (Å²) in [5.74, 6) is -4.93. The van der Waals surface area contributed by atoms with Crippen LogP contribution in [-0.2, 0) is 11.2 Å². The van der Waals surface area contributed by atoms with Crippen LogP contribution in [0.15, 0.2) is 30.3 Å². The zero-order valence-corrected chi connectivity index (χ0v) is 13.8. The average Bonchev–Trinajstić information content (AvgIpc) is 2.62. The average molecular weight is 377 g/mol. The molecule has 0 aromatic heterocycles. The summed E-state index contributed by atoms with van der Waals surface area (Å²) in [5, 5.41) is 10.3. The SMILES string of the molecule is [2H]c1cc(O)c(C([2H])(C([2H])([2H])[2H])C([2H])([2H])[2H])c([2H])c1Cc1c(Cl)cc(OCC(N)=O)cc1Cl. The zero-order valence-electron chi connectivity index (χ0n) is 21.2. The molecule has 0 saturated carbocycles. The maximum Gasteiger partial charge on any atom is 0.255 e. The van der Waals surface area contributed by atoms with Crippen LogP contribution in [0.5, 0.6) is 11.5 Å². The molecule has 1 amide bonds. The smallest absolute Gasteiger partial charge is 0.255 e. The highest BCUT2D eigenvalue weighted by Crippen LogP contribution is 2.33. The monoisotopic (exact) mass is 376 g/mol. The van der Waals surface area contributed by atoms with E-state index in [0.717, 1.165) is 6.07 Å². The standard InChI is InChI=1S/C18H19Cl2NO3/c1-10(2)13-5-11(3-4-17(13)22)6-14-15(19)7-12(8-16(14)20)24-9-18(21)23/h3-5,7-8,10,22H,6,9H2,1-2H3,(H2,21,23)/i1D3,2D3,3D,5D,10D. The van der Waals surface area contributed by atoms with Crippen LogP contribution in [0, 0.1) is 0 Å². The molecule has 2 rings (SSSR count). The van der Waals surface area contributed by atoms with Crippen molar-refractivity contribution in [3.05, 3.63) is 57.0 Å². The number of hydrogen-bond donors (Lipinski definition) is 2. The van der Waals surface area contributed by atoms with Gasteiger partial charge >= 0.3 is 0 Å². The Kier molecular flexibility index (Phi) is 3.09. The molecule has 0 atom stereocenters. The summed E-state index contributed by atoms with van der Waals surface area (Å²) >= 11 is 12.5. The topological polar surface area (TPSA) is 72.6 Å². The van der Waals surface area contributed by atoms with Crippen molar-refractivity contribution in [1.29, 1.82) is 0 Å². The van der Waals surface area contributed by atoms with Crippen molar-refractivity contribution in [2.75, 3.05) is 6.61 Å². The van der Waals surface area contributed by atoms with Gasteiger partial charge < -0.3 is 15.6 Å². The van der Waals surface area contributed by atoms with E-state index in [4.69, 9.17) is 46.0 Å². The Morgan fingerprint density at radius 3 is 2.71 bits per heavy atom. The minimum Gasteiger partial charge on any atom is -0.508 e. The van der Waals surface area contributed by atoms with E-state index in [1.807, 2.05) is 0 Å². The fraction of sp³-hybridized carbons (Fsp3) is 0.278. The van der Waals surface area contributed by atoms with Crippen LogP contribution in [0.3, 0.4) is 0 Å². The van der Waals surface area contributed by atoms with Gasteiger partial charge in [0, 0.05) is 26.1 Å². The summed E-state index contributed by atoms with van der Waals surface area (Å²) < 4.78 is 75.8. The third-order valence-corrected chi connectivity index (χ3v) is 3.69. The van der Waals surface area contributed by atoms with E-state index in [9.17, 15) is 9.90 Å². The van der Waals surface area contributed by atoms with Crippen LogP contribution in [-0.4, -0.2) is 17.6 Å². The lowest BCUT2D eigenvalue weighted by molar-refractivity contribution is -0.119. The van der Waals surface area contributed by atoms with E-state index in [2.05, 4.69) is 0 Å². The second-order valence-electron chi connectivity index (χ2n) is 4.82. The van der Waals surface area contributed by atoms with Gasteiger partial charge in [0.25, 0.3) is 5.91 Å². The van der Waals surface area contributed by atoms with Crippen molar-refractivity contribution < 1.29 is 27.0 Å². The predicted octanol–water partition coefficient (Wildman–Crippen LogP) is 4.28. The molecule has 0 bridgehead atoms. The highest BCUT2D eigenvalue weighted by molar-refractivity contribution is 6.36. The van der Waals surface area contributed by atoms with Crippen LogP contribution in [0.25, 0.3) is 0 Å². The number of phenolic OH excluding ortho intramolecular Hbond substituents is 1. The highest BCUT2D eigenvalue weighted by Gasteiger charge is 2.13. The normalized spacial score (nSPS) is 17.8. The first-order chi connectivity index (χ1) is 14.9.